The van der Waals surface area contributed by atoms with Crippen molar-refractivity contribution >= 4 is 16.9 Å². The van der Waals surface area contributed by atoms with Crippen molar-refractivity contribution in [3.63, 3.8) is 0 Å². The SMILES string of the molecule is COC(=O)c1cc(F)c2[nH]ncc2c1. The third kappa shape index (κ3) is 1.22. The van der Waals surface area contributed by atoms with E-state index in [4.69, 9.17) is 0 Å². The van der Waals surface area contributed by atoms with E-state index in [-0.39, 0.29) is 11.1 Å². The van der Waals surface area contributed by atoms with E-state index >= 15 is 0 Å². The van der Waals surface area contributed by atoms with Crippen molar-refractivity contribution in [1.29, 1.82) is 0 Å². The fourth-order valence-corrected chi connectivity index (χ4v) is 1.25. The Morgan fingerprint density at radius 3 is 3.07 bits per heavy atom. The van der Waals surface area contributed by atoms with Crippen molar-refractivity contribution in [2.75, 3.05) is 7.11 Å². The first kappa shape index (κ1) is 8.68. The number of benzene rings is 1. The van der Waals surface area contributed by atoms with Crippen LogP contribution in [0.15, 0.2) is 18.3 Å². The van der Waals surface area contributed by atoms with Gasteiger partial charge in [-0.1, -0.05) is 0 Å². The molecule has 0 bridgehead atoms. The van der Waals surface area contributed by atoms with Crippen LogP contribution in [0, 0.1) is 5.82 Å². The van der Waals surface area contributed by atoms with E-state index in [1.807, 2.05) is 0 Å². The fourth-order valence-electron chi connectivity index (χ4n) is 1.25. The van der Waals surface area contributed by atoms with Crippen molar-refractivity contribution in [1.82, 2.24) is 10.2 Å². The highest BCUT2D eigenvalue weighted by molar-refractivity contribution is 5.94. The van der Waals surface area contributed by atoms with Crippen molar-refractivity contribution in [3.8, 4) is 0 Å². The molecule has 14 heavy (non-hydrogen) atoms. The van der Waals surface area contributed by atoms with Gasteiger partial charge in [-0.2, -0.15) is 5.10 Å². The number of nitrogens with one attached hydrogen (secondary N) is 1. The Morgan fingerprint density at radius 1 is 1.57 bits per heavy atom. The van der Waals surface area contributed by atoms with Crippen LogP contribution < -0.4 is 0 Å². The summed E-state index contributed by atoms with van der Waals surface area (Å²) in [5.74, 6) is -1.08. The molecule has 72 valence electrons. The summed E-state index contributed by atoms with van der Waals surface area (Å²) in [6, 6.07) is 2.64. The Hall–Kier alpha value is -1.91. The molecular weight excluding hydrogens is 187 g/mol. The molecule has 1 N–H and O–H groups in total. The van der Waals surface area contributed by atoms with Gasteiger partial charge in [-0.05, 0) is 12.1 Å². The lowest BCUT2D eigenvalue weighted by molar-refractivity contribution is 0.0600. The molecule has 1 aromatic heterocycles. The van der Waals surface area contributed by atoms with Gasteiger partial charge in [0.1, 0.15) is 11.3 Å². The van der Waals surface area contributed by atoms with Gasteiger partial charge in [0, 0.05) is 5.39 Å². The first-order chi connectivity index (χ1) is 6.72. The molecule has 1 aromatic carbocycles. The molecule has 2 rings (SSSR count). The molecule has 0 unspecified atom stereocenters. The normalized spacial score (nSPS) is 10.4. The summed E-state index contributed by atoms with van der Waals surface area (Å²) in [5.41, 5.74) is 0.469. The van der Waals surface area contributed by atoms with Gasteiger partial charge in [0.25, 0.3) is 0 Å². The van der Waals surface area contributed by atoms with Crippen molar-refractivity contribution in [3.05, 3.63) is 29.7 Å². The third-order valence-electron chi connectivity index (χ3n) is 1.92. The molecular formula is C9H7FN2O2. The maximum atomic E-state index is 13.3. The number of esters is 1. The van der Waals surface area contributed by atoms with Gasteiger partial charge >= 0.3 is 5.97 Å². The summed E-state index contributed by atoms with van der Waals surface area (Å²) < 4.78 is 17.8. The van der Waals surface area contributed by atoms with Crippen molar-refractivity contribution < 1.29 is 13.9 Å². The number of aromatic amines is 1. The van der Waals surface area contributed by atoms with Crippen LogP contribution in [0.2, 0.25) is 0 Å². The lowest BCUT2D eigenvalue weighted by atomic mass is 10.1. The molecule has 4 nitrogen and oxygen atoms in total. The number of fused-ring (bicyclic) bond motifs is 1. The number of halogens is 1. The van der Waals surface area contributed by atoms with Gasteiger partial charge in [0.15, 0.2) is 0 Å². The number of nitrogens with zero attached hydrogens (tertiary/aromatic N) is 1. The predicted octanol–water partition coefficient (Wildman–Crippen LogP) is 1.49. The van der Waals surface area contributed by atoms with Gasteiger partial charge in [0.2, 0.25) is 0 Å². The van der Waals surface area contributed by atoms with Gasteiger partial charge in [0.05, 0.1) is 18.9 Å². The predicted molar refractivity (Wildman–Crippen MR) is 47.4 cm³/mol. The van der Waals surface area contributed by atoms with E-state index in [0.717, 1.165) is 6.07 Å². The van der Waals surface area contributed by atoms with Crippen LogP contribution in [0.1, 0.15) is 10.4 Å². The number of rotatable bonds is 1. The molecule has 0 amide bonds. The number of aromatic nitrogens is 2. The van der Waals surface area contributed by atoms with E-state index in [9.17, 15) is 9.18 Å². The average Bonchev–Trinajstić information content (AvgIpc) is 2.64. The topological polar surface area (TPSA) is 55.0 Å². The van der Waals surface area contributed by atoms with Gasteiger partial charge in [-0.3, -0.25) is 5.10 Å². The van der Waals surface area contributed by atoms with E-state index in [1.165, 1.54) is 19.4 Å². The van der Waals surface area contributed by atoms with E-state index in [1.54, 1.807) is 0 Å². The fraction of sp³-hybridized carbons (Fsp3) is 0.111. The molecule has 0 radical (unpaired) electrons. The summed E-state index contributed by atoms with van der Waals surface area (Å²) in [7, 11) is 1.25. The Labute approximate surface area is 78.7 Å². The highest BCUT2D eigenvalue weighted by Gasteiger charge is 2.11. The standard InChI is InChI=1S/C9H7FN2O2/c1-14-9(13)5-2-6-4-11-12-8(6)7(10)3-5/h2-4H,1H3,(H,11,12). The van der Waals surface area contributed by atoms with Gasteiger partial charge in [-0.15, -0.1) is 0 Å². The molecule has 0 aliphatic rings. The Bertz CT molecular complexity index is 493. The van der Waals surface area contributed by atoms with Crippen LogP contribution in [-0.2, 0) is 4.74 Å². The molecule has 0 saturated heterocycles. The zero-order valence-electron chi connectivity index (χ0n) is 7.37. The molecule has 2 aromatic rings. The summed E-state index contributed by atoms with van der Waals surface area (Å²) in [6.07, 6.45) is 1.45. The van der Waals surface area contributed by atoms with Gasteiger partial charge < -0.3 is 4.74 Å². The molecule has 1 heterocycles. The minimum absolute atomic E-state index is 0.180. The second-order valence-electron chi connectivity index (χ2n) is 2.78. The second kappa shape index (κ2) is 3.10. The van der Waals surface area contributed by atoms with E-state index in [2.05, 4.69) is 14.9 Å². The van der Waals surface area contributed by atoms with E-state index in [0.29, 0.717) is 5.39 Å². The maximum absolute atomic E-state index is 13.3. The monoisotopic (exact) mass is 194 g/mol. The Morgan fingerprint density at radius 2 is 2.36 bits per heavy atom. The average molecular weight is 194 g/mol. The number of carbonyl (C=O) groups excluding carboxylic acids is 1. The summed E-state index contributed by atoms with van der Waals surface area (Å²) in [4.78, 5) is 11.1. The lowest BCUT2D eigenvalue weighted by Gasteiger charge is -1.99. The van der Waals surface area contributed by atoms with Crippen LogP contribution in [0.25, 0.3) is 10.9 Å². The van der Waals surface area contributed by atoms with Crippen LogP contribution in [0.4, 0.5) is 4.39 Å². The summed E-state index contributed by atoms with van der Waals surface area (Å²) >= 11 is 0. The minimum atomic E-state index is -0.563. The zero-order chi connectivity index (χ0) is 10.1. The zero-order valence-corrected chi connectivity index (χ0v) is 7.37. The first-order valence-corrected chi connectivity index (χ1v) is 3.93. The van der Waals surface area contributed by atoms with Crippen LogP contribution in [0.5, 0.6) is 0 Å². The minimum Gasteiger partial charge on any atom is -0.465 e. The Kier molecular flexibility index (Phi) is 1.92. The highest BCUT2D eigenvalue weighted by atomic mass is 19.1. The maximum Gasteiger partial charge on any atom is 0.337 e. The molecule has 0 spiro atoms. The molecule has 0 atom stereocenters. The number of H-pyrrole nitrogens is 1. The number of methoxy groups -OCH3 is 1. The Balaban J connectivity index is 2.64. The largest absolute Gasteiger partial charge is 0.465 e. The molecule has 0 aliphatic carbocycles. The van der Waals surface area contributed by atoms with E-state index < -0.39 is 11.8 Å². The smallest absolute Gasteiger partial charge is 0.337 e. The van der Waals surface area contributed by atoms with Crippen LogP contribution >= 0.6 is 0 Å². The highest BCUT2D eigenvalue weighted by Crippen LogP contribution is 2.17. The third-order valence-corrected chi connectivity index (χ3v) is 1.92. The van der Waals surface area contributed by atoms with Crippen LogP contribution in [0.3, 0.4) is 0 Å². The number of hydrogen-bond donors (Lipinski definition) is 1. The number of hydrogen-bond acceptors (Lipinski definition) is 3. The number of carbonyl (C=O) groups is 1. The van der Waals surface area contributed by atoms with Crippen molar-refractivity contribution in [2.24, 2.45) is 0 Å². The second-order valence-corrected chi connectivity index (χ2v) is 2.78. The lowest BCUT2D eigenvalue weighted by Crippen LogP contribution is -2.01. The quantitative estimate of drug-likeness (QED) is 0.699. The molecule has 0 aliphatic heterocycles. The molecule has 5 heteroatoms. The first-order valence-electron chi connectivity index (χ1n) is 3.93. The molecule has 0 saturated carbocycles. The summed E-state index contributed by atoms with van der Waals surface area (Å²) in [6.45, 7) is 0. The van der Waals surface area contributed by atoms with Crippen molar-refractivity contribution in [2.45, 2.75) is 0 Å². The summed E-state index contributed by atoms with van der Waals surface area (Å²) in [5, 5.41) is 6.71. The van der Waals surface area contributed by atoms with Crippen LogP contribution in [-0.4, -0.2) is 23.3 Å². The molecule has 0 fully saturated rings. The van der Waals surface area contributed by atoms with Gasteiger partial charge in [-0.25, -0.2) is 9.18 Å². The number of ether oxygens (including phenoxy) is 1.